The topological polar surface area (TPSA) is 60.2 Å². The minimum Gasteiger partial charge on any atom is -0.507 e. The van der Waals surface area contributed by atoms with E-state index in [0.717, 1.165) is 18.7 Å². The summed E-state index contributed by atoms with van der Waals surface area (Å²) >= 11 is 0. The molecule has 0 saturated heterocycles. The summed E-state index contributed by atoms with van der Waals surface area (Å²) in [5.41, 5.74) is 1.94. The number of para-hydroxylation sites is 1. The van der Waals surface area contributed by atoms with Crippen molar-refractivity contribution in [1.29, 1.82) is 0 Å². The summed E-state index contributed by atoms with van der Waals surface area (Å²) in [6.07, 6.45) is 1.69. The molecule has 3 rings (SSSR count). The van der Waals surface area contributed by atoms with E-state index in [2.05, 4.69) is 13.8 Å². The predicted molar refractivity (Wildman–Crippen MR) is 99.8 cm³/mol. The lowest BCUT2D eigenvalue weighted by atomic mass is 10.0. The first-order chi connectivity index (χ1) is 12.6. The first kappa shape index (κ1) is 18.0. The molecule has 0 amide bonds. The van der Waals surface area contributed by atoms with Gasteiger partial charge in [0.25, 0.3) is 0 Å². The molecule has 0 bridgehead atoms. The third-order valence-electron chi connectivity index (χ3n) is 4.77. The Morgan fingerprint density at radius 3 is 2.58 bits per heavy atom. The number of hydrogen-bond acceptors (Lipinski definition) is 4. The summed E-state index contributed by atoms with van der Waals surface area (Å²) in [6.45, 7) is 6.66. The number of phenols is 1. The number of rotatable bonds is 6. The van der Waals surface area contributed by atoms with Crippen molar-refractivity contribution in [2.24, 2.45) is 0 Å². The highest BCUT2D eigenvalue weighted by molar-refractivity contribution is 6.15. The molecule has 26 heavy (non-hydrogen) atoms. The third-order valence-corrected chi connectivity index (χ3v) is 4.77. The van der Waals surface area contributed by atoms with Crippen molar-refractivity contribution in [1.82, 2.24) is 0 Å². The van der Waals surface area contributed by atoms with Crippen LogP contribution in [-0.4, -0.2) is 31.1 Å². The Bertz CT molecular complexity index is 853. The molecule has 136 valence electrons. The lowest BCUT2D eigenvalue weighted by Crippen LogP contribution is -3.10. The van der Waals surface area contributed by atoms with Crippen LogP contribution in [0.5, 0.6) is 17.2 Å². The maximum absolute atomic E-state index is 12.8. The zero-order valence-corrected chi connectivity index (χ0v) is 15.3. The molecule has 1 aliphatic heterocycles. The molecule has 2 N–H and O–H groups in total. The van der Waals surface area contributed by atoms with Crippen molar-refractivity contribution < 1.29 is 24.3 Å². The van der Waals surface area contributed by atoms with Crippen molar-refractivity contribution in [2.75, 3.05) is 20.2 Å². The largest absolute Gasteiger partial charge is 0.507 e. The van der Waals surface area contributed by atoms with Crippen molar-refractivity contribution in [3.63, 3.8) is 0 Å². The van der Waals surface area contributed by atoms with E-state index in [1.807, 2.05) is 24.3 Å². The van der Waals surface area contributed by atoms with Gasteiger partial charge >= 0.3 is 0 Å². The van der Waals surface area contributed by atoms with Crippen molar-refractivity contribution >= 4 is 11.9 Å². The molecule has 5 heteroatoms. The quantitative estimate of drug-likeness (QED) is 0.783. The maximum atomic E-state index is 12.8. The van der Waals surface area contributed by atoms with Gasteiger partial charge in [0.1, 0.15) is 18.0 Å². The number of quaternary nitrogens is 1. The van der Waals surface area contributed by atoms with Crippen molar-refractivity contribution in [2.45, 2.75) is 20.4 Å². The summed E-state index contributed by atoms with van der Waals surface area (Å²) in [6, 6.07) is 10.6. The number of carbonyl (C=O) groups is 1. The normalized spacial score (nSPS) is 14.6. The third kappa shape index (κ3) is 3.30. The summed E-state index contributed by atoms with van der Waals surface area (Å²) in [5.74, 6) is 1.36. The molecule has 0 radical (unpaired) electrons. The molecule has 2 aromatic rings. The molecular formula is C21H24NO4+. The summed E-state index contributed by atoms with van der Waals surface area (Å²) < 4.78 is 11.2. The van der Waals surface area contributed by atoms with E-state index in [4.69, 9.17) is 9.47 Å². The Morgan fingerprint density at radius 2 is 1.88 bits per heavy atom. The number of aromatic hydroxyl groups is 1. The molecule has 0 saturated carbocycles. The Morgan fingerprint density at radius 1 is 1.15 bits per heavy atom. The molecule has 0 aromatic heterocycles. The SMILES string of the molecule is CC[NH+](CC)Cc1c(O)ccc2c1OC(=Cc1ccccc1OC)C2=O. The first-order valence-corrected chi connectivity index (χ1v) is 8.84. The number of methoxy groups -OCH3 is 1. The van der Waals surface area contributed by atoms with E-state index in [0.29, 0.717) is 29.2 Å². The number of nitrogens with one attached hydrogen (secondary N) is 1. The standard InChI is InChI=1S/C21H23NO4/c1-4-22(5-2)13-16-17(23)11-10-15-20(24)19(26-21(15)16)12-14-8-6-7-9-18(14)25-3/h6-12,23H,4-5,13H2,1-3H3/p+1. The highest BCUT2D eigenvalue weighted by Gasteiger charge is 2.32. The number of allylic oxidation sites excluding steroid dienone is 1. The van der Waals surface area contributed by atoms with Gasteiger partial charge in [-0.15, -0.1) is 0 Å². The van der Waals surface area contributed by atoms with Crippen LogP contribution in [0.15, 0.2) is 42.2 Å². The molecule has 0 unspecified atom stereocenters. The predicted octanol–water partition coefficient (Wildman–Crippen LogP) is 2.44. The number of carbonyl (C=O) groups excluding carboxylic acids is 1. The van der Waals surface area contributed by atoms with E-state index in [9.17, 15) is 9.90 Å². The highest BCUT2D eigenvalue weighted by atomic mass is 16.5. The van der Waals surface area contributed by atoms with Crippen LogP contribution >= 0.6 is 0 Å². The van der Waals surface area contributed by atoms with Gasteiger partial charge in [0.2, 0.25) is 5.78 Å². The van der Waals surface area contributed by atoms with E-state index in [1.165, 1.54) is 4.90 Å². The summed E-state index contributed by atoms with van der Waals surface area (Å²) in [7, 11) is 1.59. The second kappa shape index (κ2) is 7.62. The molecule has 1 heterocycles. The van der Waals surface area contributed by atoms with Crippen LogP contribution in [0.3, 0.4) is 0 Å². The van der Waals surface area contributed by atoms with Gasteiger partial charge in [-0.25, -0.2) is 0 Å². The summed E-state index contributed by atoms with van der Waals surface area (Å²) in [4.78, 5) is 14.1. The second-order valence-electron chi connectivity index (χ2n) is 6.26. The molecule has 0 spiro atoms. The summed E-state index contributed by atoms with van der Waals surface area (Å²) in [5, 5.41) is 10.3. The number of fused-ring (bicyclic) bond motifs is 1. The number of phenolic OH excluding ortho intramolecular Hbond substituents is 1. The highest BCUT2D eigenvalue weighted by Crippen LogP contribution is 2.39. The average Bonchev–Trinajstić information content (AvgIpc) is 2.97. The molecule has 0 atom stereocenters. The molecule has 2 aromatic carbocycles. The van der Waals surface area contributed by atoms with Gasteiger partial charge in [-0.05, 0) is 38.1 Å². The van der Waals surface area contributed by atoms with Gasteiger partial charge in [-0.2, -0.15) is 0 Å². The zero-order chi connectivity index (χ0) is 18.7. The molecule has 0 aliphatic carbocycles. The fourth-order valence-corrected chi connectivity index (χ4v) is 3.14. The van der Waals surface area contributed by atoms with Gasteiger partial charge in [-0.1, -0.05) is 18.2 Å². The van der Waals surface area contributed by atoms with Gasteiger partial charge < -0.3 is 19.5 Å². The minimum absolute atomic E-state index is 0.162. The fourth-order valence-electron chi connectivity index (χ4n) is 3.14. The average molecular weight is 354 g/mol. The van der Waals surface area contributed by atoms with Gasteiger partial charge in [-0.3, -0.25) is 4.79 Å². The van der Waals surface area contributed by atoms with E-state index in [1.54, 1.807) is 25.3 Å². The molecule has 5 nitrogen and oxygen atoms in total. The van der Waals surface area contributed by atoms with E-state index < -0.39 is 0 Å². The Kier molecular flexibility index (Phi) is 5.28. The Labute approximate surface area is 153 Å². The number of benzene rings is 2. The lowest BCUT2D eigenvalue weighted by molar-refractivity contribution is -0.910. The van der Waals surface area contributed by atoms with Gasteiger partial charge in [0.15, 0.2) is 11.5 Å². The Hall–Kier alpha value is -2.79. The Balaban J connectivity index is 2.00. The van der Waals surface area contributed by atoms with Crippen LogP contribution in [0.1, 0.15) is 35.3 Å². The maximum Gasteiger partial charge on any atom is 0.231 e. The van der Waals surface area contributed by atoms with Crippen LogP contribution in [0.4, 0.5) is 0 Å². The van der Waals surface area contributed by atoms with Crippen LogP contribution in [0.25, 0.3) is 6.08 Å². The minimum atomic E-state index is -0.179. The van der Waals surface area contributed by atoms with Crippen LogP contribution in [0.2, 0.25) is 0 Å². The molecular weight excluding hydrogens is 330 g/mol. The second-order valence-corrected chi connectivity index (χ2v) is 6.26. The van der Waals surface area contributed by atoms with Crippen molar-refractivity contribution in [3.8, 4) is 17.2 Å². The fraction of sp³-hybridized carbons (Fsp3) is 0.286. The van der Waals surface area contributed by atoms with E-state index in [-0.39, 0.29) is 17.3 Å². The number of hydrogen-bond donors (Lipinski definition) is 2. The zero-order valence-electron chi connectivity index (χ0n) is 15.3. The smallest absolute Gasteiger partial charge is 0.231 e. The van der Waals surface area contributed by atoms with Gasteiger partial charge in [0.05, 0.1) is 31.3 Å². The lowest BCUT2D eigenvalue weighted by Gasteiger charge is -2.17. The number of ketones is 1. The van der Waals surface area contributed by atoms with Gasteiger partial charge in [0, 0.05) is 5.56 Å². The number of ether oxygens (including phenoxy) is 2. The van der Waals surface area contributed by atoms with Crippen LogP contribution < -0.4 is 14.4 Å². The number of Topliss-reactive ketones (excluding diaryl/α,β-unsaturated/α-hetero) is 1. The van der Waals surface area contributed by atoms with Crippen LogP contribution in [0, 0.1) is 0 Å². The monoisotopic (exact) mass is 354 g/mol. The molecule has 0 fully saturated rings. The van der Waals surface area contributed by atoms with Crippen molar-refractivity contribution in [3.05, 3.63) is 58.8 Å². The first-order valence-electron chi connectivity index (χ1n) is 8.84. The van der Waals surface area contributed by atoms with E-state index >= 15 is 0 Å². The van der Waals surface area contributed by atoms with Crippen LogP contribution in [-0.2, 0) is 6.54 Å². The molecule has 1 aliphatic rings.